The highest BCUT2D eigenvalue weighted by atomic mass is 35.5. The molecule has 9 nitrogen and oxygen atoms in total. The number of amides is 2. The van der Waals surface area contributed by atoms with Crippen LogP contribution >= 0.6 is 11.6 Å². The highest BCUT2D eigenvalue weighted by Gasteiger charge is 2.34. The van der Waals surface area contributed by atoms with E-state index < -0.39 is 34.3 Å². The molecule has 1 heterocycles. The van der Waals surface area contributed by atoms with Gasteiger partial charge in [0.1, 0.15) is 31.6 Å². The lowest BCUT2D eigenvalue weighted by Gasteiger charge is -2.32. The summed E-state index contributed by atoms with van der Waals surface area (Å²) in [5, 5.41) is 3.49. The smallest absolute Gasteiger partial charge is 0.264 e. The van der Waals surface area contributed by atoms with Crippen molar-refractivity contribution in [2.45, 2.75) is 56.1 Å². The van der Waals surface area contributed by atoms with Crippen LogP contribution in [0, 0.1) is 5.82 Å². The van der Waals surface area contributed by atoms with Gasteiger partial charge in [-0.1, -0.05) is 36.6 Å². The number of halogens is 2. The van der Waals surface area contributed by atoms with Gasteiger partial charge in [-0.05, 0) is 73.9 Å². The Morgan fingerprint density at radius 2 is 1.70 bits per heavy atom. The predicted molar refractivity (Wildman–Crippen MR) is 160 cm³/mol. The van der Waals surface area contributed by atoms with Gasteiger partial charge in [0.2, 0.25) is 11.8 Å². The van der Waals surface area contributed by atoms with E-state index in [9.17, 15) is 22.4 Å². The van der Waals surface area contributed by atoms with Crippen molar-refractivity contribution in [3.8, 4) is 11.5 Å². The molecular weight excluding hydrogens is 597 g/mol. The van der Waals surface area contributed by atoms with Crippen molar-refractivity contribution in [1.29, 1.82) is 0 Å². The van der Waals surface area contributed by atoms with Crippen molar-refractivity contribution < 1.29 is 31.9 Å². The molecule has 1 saturated carbocycles. The first kappa shape index (κ1) is 30.6. The molecule has 0 radical (unpaired) electrons. The van der Waals surface area contributed by atoms with E-state index in [0.29, 0.717) is 22.9 Å². The van der Waals surface area contributed by atoms with Crippen molar-refractivity contribution in [2.24, 2.45) is 0 Å². The van der Waals surface area contributed by atoms with E-state index in [1.165, 1.54) is 35.2 Å². The highest BCUT2D eigenvalue weighted by molar-refractivity contribution is 7.92. The lowest BCUT2D eigenvalue weighted by molar-refractivity contribution is -0.139. The van der Waals surface area contributed by atoms with Crippen molar-refractivity contribution in [3.05, 3.63) is 83.1 Å². The van der Waals surface area contributed by atoms with Gasteiger partial charge < -0.3 is 19.7 Å². The van der Waals surface area contributed by atoms with Crippen LogP contribution in [0.2, 0.25) is 5.02 Å². The molecule has 0 aromatic heterocycles. The largest absolute Gasteiger partial charge is 0.486 e. The van der Waals surface area contributed by atoms with E-state index in [-0.39, 0.29) is 41.4 Å². The number of nitrogens with zero attached hydrogens (tertiary/aromatic N) is 2. The number of fused-ring (bicyclic) bond motifs is 1. The lowest BCUT2D eigenvalue weighted by Crippen LogP contribution is -2.52. The number of benzene rings is 3. The van der Waals surface area contributed by atoms with Gasteiger partial charge in [-0.25, -0.2) is 12.8 Å². The molecule has 1 N–H and O–H groups in total. The van der Waals surface area contributed by atoms with E-state index in [1.54, 1.807) is 31.2 Å². The Labute approximate surface area is 255 Å². The summed E-state index contributed by atoms with van der Waals surface area (Å²) in [7, 11) is -4.37. The normalized spacial score (nSPS) is 15.5. The fourth-order valence-electron chi connectivity index (χ4n) is 5.25. The molecule has 3 aromatic rings. The second-order valence-electron chi connectivity index (χ2n) is 10.6. The Morgan fingerprint density at radius 3 is 2.40 bits per heavy atom. The second kappa shape index (κ2) is 13.2. The third kappa shape index (κ3) is 7.22. The van der Waals surface area contributed by atoms with Crippen molar-refractivity contribution in [3.63, 3.8) is 0 Å². The molecule has 0 spiro atoms. The first-order valence-corrected chi connectivity index (χ1v) is 16.0. The van der Waals surface area contributed by atoms with Crippen LogP contribution in [-0.2, 0) is 26.2 Å². The Balaban J connectivity index is 1.48. The first-order valence-electron chi connectivity index (χ1n) is 14.1. The summed E-state index contributed by atoms with van der Waals surface area (Å²) >= 11 is 6.20. The second-order valence-corrected chi connectivity index (χ2v) is 12.9. The van der Waals surface area contributed by atoms with Crippen LogP contribution in [-0.4, -0.2) is 57.0 Å². The standard InChI is InChI=1S/C31H33ClFN3O6S/c1-21(31(38)34-25-7-2-3-8-25)35(19-22-5-4-6-23(32)17-22)30(37)20-36(26-11-9-24(33)10-12-26)43(39,40)27-13-14-28-29(18-27)42-16-15-41-28/h4-6,9-14,17-18,21,25H,2-3,7-8,15-16,19-20H2,1H3,(H,34,38)/t21-/m1/s1. The number of carbonyl (C=O) groups excluding carboxylic acids is 2. The highest BCUT2D eigenvalue weighted by Crippen LogP contribution is 2.34. The molecule has 1 aliphatic carbocycles. The average Bonchev–Trinajstić information content (AvgIpc) is 3.51. The number of ether oxygens (including phenoxy) is 2. The number of nitrogens with one attached hydrogen (secondary N) is 1. The average molecular weight is 630 g/mol. The molecule has 1 aliphatic heterocycles. The Hall–Kier alpha value is -3.83. The third-order valence-electron chi connectivity index (χ3n) is 7.61. The minimum atomic E-state index is -4.37. The van der Waals surface area contributed by atoms with Gasteiger partial charge in [0.25, 0.3) is 10.0 Å². The van der Waals surface area contributed by atoms with Gasteiger partial charge in [-0.3, -0.25) is 13.9 Å². The molecule has 1 atom stereocenters. The number of hydrogen-bond acceptors (Lipinski definition) is 6. The summed E-state index contributed by atoms with van der Waals surface area (Å²) in [6.45, 7) is 1.58. The zero-order valence-electron chi connectivity index (χ0n) is 23.7. The van der Waals surface area contributed by atoms with E-state index in [1.807, 2.05) is 0 Å². The van der Waals surface area contributed by atoms with Crippen LogP contribution in [0.3, 0.4) is 0 Å². The maximum Gasteiger partial charge on any atom is 0.264 e. The van der Waals surface area contributed by atoms with Crippen LogP contribution < -0.4 is 19.1 Å². The molecule has 43 heavy (non-hydrogen) atoms. The number of rotatable bonds is 10. The fraction of sp³-hybridized carbons (Fsp3) is 0.355. The summed E-state index contributed by atoms with van der Waals surface area (Å²) in [5.41, 5.74) is 0.750. The van der Waals surface area contributed by atoms with Crippen LogP contribution in [0.1, 0.15) is 38.2 Å². The topological polar surface area (TPSA) is 105 Å². The van der Waals surface area contributed by atoms with Gasteiger partial charge >= 0.3 is 0 Å². The maximum atomic E-state index is 14.1. The van der Waals surface area contributed by atoms with Crippen molar-refractivity contribution in [1.82, 2.24) is 10.2 Å². The quantitative estimate of drug-likeness (QED) is 0.341. The first-order chi connectivity index (χ1) is 20.6. The van der Waals surface area contributed by atoms with Gasteiger partial charge in [0.05, 0.1) is 10.6 Å². The molecule has 1 fully saturated rings. The van der Waals surface area contributed by atoms with Crippen LogP contribution in [0.4, 0.5) is 10.1 Å². The van der Waals surface area contributed by atoms with Crippen molar-refractivity contribution in [2.75, 3.05) is 24.1 Å². The zero-order valence-corrected chi connectivity index (χ0v) is 25.2. The van der Waals surface area contributed by atoms with E-state index in [0.717, 1.165) is 42.1 Å². The number of anilines is 1. The van der Waals surface area contributed by atoms with E-state index in [2.05, 4.69) is 5.32 Å². The third-order valence-corrected chi connectivity index (χ3v) is 9.61. The Bertz CT molecular complexity index is 1580. The summed E-state index contributed by atoms with van der Waals surface area (Å²) in [5.74, 6) is -0.849. The number of carbonyl (C=O) groups is 2. The van der Waals surface area contributed by atoms with Gasteiger partial charge in [0.15, 0.2) is 11.5 Å². The molecule has 0 bridgehead atoms. The molecule has 228 valence electrons. The van der Waals surface area contributed by atoms with Crippen LogP contribution in [0.5, 0.6) is 11.5 Å². The molecule has 0 unspecified atom stereocenters. The van der Waals surface area contributed by atoms with Crippen LogP contribution in [0.15, 0.2) is 71.6 Å². The molecule has 0 saturated heterocycles. The molecular formula is C31H33ClFN3O6S. The molecule has 5 rings (SSSR count). The molecule has 3 aromatic carbocycles. The zero-order chi connectivity index (χ0) is 30.6. The van der Waals surface area contributed by atoms with Crippen molar-refractivity contribution >= 4 is 39.1 Å². The summed E-state index contributed by atoms with van der Waals surface area (Å²) < 4.78 is 54.0. The molecule has 2 amide bonds. The molecule has 2 aliphatic rings. The minimum Gasteiger partial charge on any atom is -0.486 e. The molecule has 12 heteroatoms. The summed E-state index contributed by atoms with van der Waals surface area (Å²) in [6.07, 6.45) is 3.78. The Kier molecular flexibility index (Phi) is 9.41. The van der Waals surface area contributed by atoms with Gasteiger partial charge in [0, 0.05) is 23.7 Å². The predicted octanol–water partition coefficient (Wildman–Crippen LogP) is 4.92. The SMILES string of the molecule is C[C@H](C(=O)NC1CCCC1)N(Cc1cccc(Cl)c1)C(=O)CN(c1ccc(F)cc1)S(=O)(=O)c1ccc2c(c1)OCCO2. The summed E-state index contributed by atoms with van der Waals surface area (Å²) in [4.78, 5) is 28.6. The van der Waals surface area contributed by atoms with Gasteiger partial charge in [-0.2, -0.15) is 0 Å². The number of hydrogen-bond donors (Lipinski definition) is 1. The van der Waals surface area contributed by atoms with E-state index in [4.69, 9.17) is 21.1 Å². The van der Waals surface area contributed by atoms with Crippen LogP contribution in [0.25, 0.3) is 0 Å². The summed E-state index contributed by atoms with van der Waals surface area (Å²) in [6, 6.07) is 15.0. The minimum absolute atomic E-state index is 0.0139. The number of sulfonamides is 1. The van der Waals surface area contributed by atoms with E-state index >= 15 is 0 Å². The van der Waals surface area contributed by atoms with Gasteiger partial charge in [-0.15, -0.1) is 0 Å². The monoisotopic (exact) mass is 629 g/mol. The Morgan fingerprint density at radius 1 is 1.00 bits per heavy atom. The maximum absolute atomic E-state index is 14.1. The fourth-order valence-corrected chi connectivity index (χ4v) is 6.90. The lowest BCUT2D eigenvalue weighted by atomic mass is 10.1.